The predicted octanol–water partition coefficient (Wildman–Crippen LogP) is 4.26. The minimum absolute atomic E-state index is 0.141. The van der Waals surface area contributed by atoms with Crippen LogP contribution in [0.1, 0.15) is 30.5 Å². The summed E-state index contributed by atoms with van der Waals surface area (Å²) in [7, 11) is -3.61. The van der Waals surface area contributed by atoms with Crippen LogP contribution in [-0.2, 0) is 21.2 Å². The molecule has 1 aromatic heterocycles. The van der Waals surface area contributed by atoms with Crippen molar-refractivity contribution in [2.24, 2.45) is 0 Å². The van der Waals surface area contributed by atoms with Crippen LogP contribution < -0.4 is 5.32 Å². The first-order chi connectivity index (χ1) is 13.8. The summed E-state index contributed by atoms with van der Waals surface area (Å²) in [6.07, 6.45) is 1.73. The van der Waals surface area contributed by atoms with Gasteiger partial charge in [-0.15, -0.1) is 0 Å². The maximum absolute atomic E-state index is 12.9. The van der Waals surface area contributed by atoms with Gasteiger partial charge < -0.3 is 9.73 Å². The molecule has 0 aliphatic heterocycles. The number of aryl methyl sites for hydroxylation is 2. The molecule has 1 heterocycles. The maximum atomic E-state index is 12.9. The van der Waals surface area contributed by atoms with Gasteiger partial charge in [-0.2, -0.15) is 4.31 Å². The van der Waals surface area contributed by atoms with E-state index in [1.807, 2.05) is 25.1 Å². The number of benzene rings is 2. The fourth-order valence-corrected chi connectivity index (χ4v) is 5.07. The molecule has 7 heteroatoms. The number of hydrogen-bond donors (Lipinski definition) is 1. The van der Waals surface area contributed by atoms with Crippen molar-refractivity contribution in [2.75, 3.05) is 18.4 Å². The summed E-state index contributed by atoms with van der Waals surface area (Å²) < 4.78 is 32.7. The van der Waals surface area contributed by atoms with Crippen molar-refractivity contribution in [3.63, 3.8) is 0 Å². The quantitative estimate of drug-likeness (QED) is 0.626. The number of sulfonamides is 1. The Morgan fingerprint density at radius 2 is 1.79 bits per heavy atom. The van der Waals surface area contributed by atoms with Crippen molar-refractivity contribution in [3.8, 4) is 0 Å². The highest BCUT2D eigenvalue weighted by atomic mass is 32.2. The van der Waals surface area contributed by atoms with Gasteiger partial charge in [0.05, 0.1) is 17.6 Å². The van der Waals surface area contributed by atoms with Gasteiger partial charge in [-0.05, 0) is 43.2 Å². The number of anilines is 1. The van der Waals surface area contributed by atoms with E-state index in [9.17, 15) is 13.2 Å². The number of hydrogen-bond acceptors (Lipinski definition) is 4. The second-order valence-electron chi connectivity index (χ2n) is 7.06. The highest BCUT2D eigenvalue weighted by Crippen LogP contribution is 2.25. The number of amides is 1. The molecule has 0 atom stereocenters. The third kappa shape index (κ3) is 4.36. The molecule has 3 rings (SSSR count). The summed E-state index contributed by atoms with van der Waals surface area (Å²) in [5.74, 6) is -0.233. The molecule has 0 saturated heterocycles. The minimum atomic E-state index is -3.61. The van der Waals surface area contributed by atoms with Gasteiger partial charge in [-0.3, -0.25) is 4.79 Å². The monoisotopic (exact) mass is 414 g/mol. The molecule has 0 aliphatic carbocycles. The summed E-state index contributed by atoms with van der Waals surface area (Å²) in [6.45, 7) is 8.12. The summed E-state index contributed by atoms with van der Waals surface area (Å²) in [4.78, 5) is 12.8. The lowest BCUT2D eigenvalue weighted by Crippen LogP contribution is -2.31. The Morgan fingerprint density at radius 1 is 1.07 bits per heavy atom. The van der Waals surface area contributed by atoms with Gasteiger partial charge in [0, 0.05) is 29.7 Å². The van der Waals surface area contributed by atoms with E-state index in [4.69, 9.17) is 4.42 Å². The highest BCUT2D eigenvalue weighted by molar-refractivity contribution is 7.89. The maximum Gasteiger partial charge on any atom is 0.243 e. The van der Waals surface area contributed by atoms with Gasteiger partial charge in [-0.25, -0.2) is 8.42 Å². The smallest absolute Gasteiger partial charge is 0.243 e. The molecule has 0 bridgehead atoms. The molecule has 1 amide bonds. The van der Waals surface area contributed by atoms with Crippen molar-refractivity contribution in [3.05, 3.63) is 59.4 Å². The largest absolute Gasteiger partial charge is 0.464 e. The molecule has 0 spiro atoms. The van der Waals surface area contributed by atoms with Crippen LogP contribution in [0.3, 0.4) is 0 Å². The number of furan rings is 1. The van der Waals surface area contributed by atoms with E-state index in [1.54, 1.807) is 39.2 Å². The van der Waals surface area contributed by atoms with Gasteiger partial charge in [-0.1, -0.05) is 32.0 Å². The third-order valence-electron chi connectivity index (χ3n) is 4.96. The first-order valence-corrected chi connectivity index (χ1v) is 11.1. The molecular weight excluding hydrogens is 388 g/mol. The SMILES string of the molecule is CCN(CC)S(=O)(=O)c1cc(NC(=O)Cc2coc3cc(C)ccc23)ccc1C. The van der Waals surface area contributed by atoms with Crippen LogP contribution >= 0.6 is 0 Å². The molecule has 0 unspecified atom stereocenters. The summed E-state index contributed by atoms with van der Waals surface area (Å²) in [5.41, 5.74) is 3.72. The molecule has 3 aromatic rings. The van der Waals surface area contributed by atoms with E-state index in [2.05, 4.69) is 5.32 Å². The molecule has 1 N–H and O–H groups in total. The zero-order valence-electron chi connectivity index (χ0n) is 17.2. The van der Waals surface area contributed by atoms with Crippen molar-refractivity contribution in [2.45, 2.75) is 39.0 Å². The number of carbonyl (C=O) groups is 1. The Labute approximate surface area is 171 Å². The number of rotatable bonds is 7. The number of fused-ring (bicyclic) bond motifs is 1. The summed E-state index contributed by atoms with van der Waals surface area (Å²) in [5, 5.41) is 3.71. The highest BCUT2D eigenvalue weighted by Gasteiger charge is 2.24. The van der Waals surface area contributed by atoms with Crippen LogP contribution in [0.2, 0.25) is 0 Å². The van der Waals surface area contributed by atoms with Crippen molar-refractivity contribution in [1.82, 2.24) is 4.31 Å². The second kappa shape index (κ2) is 8.39. The summed E-state index contributed by atoms with van der Waals surface area (Å²) in [6, 6.07) is 10.8. The predicted molar refractivity (Wildman–Crippen MR) is 115 cm³/mol. The lowest BCUT2D eigenvalue weighted by Gasteiger charge is -2.20. The Bertz CT molecular complexity index is 1140. The number of carbonyl (C=O) groups excluding carboxylic acids is 1. The zero-order valence-corrected chi connectivity index (χ0v) is 18.0. The normalized spacial score (nSPS) is 11.9. The standard InChI is InChI=1S/C22H26N2O4S/c1-5-24(6-2)29(26,27)21-13-18(9-8-16(21)4)23-22(25)12-17-14-28-20-11-15(3)7-10-19(17)20/h7-11,13-14H,5-6,12H2,1-4H3,(H,23,25). The fourth-order valence-electron chi connectivity index (χ4n) is 3.36. The van der Waals surface area contributed by atoms with E-state index in [0.717, 1.165) is 22.1 Å². The topological polar surface area (TPSA) is 79.6 Å². The molecular formula is C22H26N2O4S. The second-order valence-corrected chi connectivity index (χ2v) is 8.96. The van der Waals surface area contributed by atoms with Crippen LogP contribution in [0, 0.1) is 13.8 Å². The Balaban J connectivity index is 1.82. The minimum Gasteiger partial charge on any atom is -0.464 e. The molecule has 2 aromatic carbocycles. The molecule has 0 saturated carbocycles. The first-order valence-electron chi connectivity index (χ1n) is 9.63. The molecule has 0 radical (unpaired) electrons. The van der Waals surface area contributed by atoms with E-state index in [1.165, 1.54) is 10.4 Å². The summed E-state index contributed by atoms with van der Waals surface area (Å²) >= 11 is 0. The van der Waals surface area contributed by atoms with Crippen molar-refractivity contribution < 1.29 is 17.6 Å². The van der Waals surface area contributed by atoms with Gasteiger partial charge >= 0.3 is 0 Å². The lowest BCUT2D eigenvalue weighted by atomic mass is 10.1. The van der Waals surface area contributed by atoms with Crippen LogP contribution in [-0.4, -0.2) is 31.7 Å². The van der Waals surface area contributed by atoms with Crippen LogP contribution in [0.25, 0.3) is 11.0 Å². The fraction of sp³-hybridized carbons (Fsp3) is 0.318. The Kier molecular flexibility index (Phi) is 6.10. The van der Waals surface area contributed by atoms with E-state index < -0.39 is 10.0 Å². The van der Waals surface area contributed by atoms with Crippen LogP contribution in [0.15, 0.2) is 52.0 Å². The third-order valence-corrected chi connectivity index (χ3v) is 7.15. The van der Waals surface area contributed by atoms with Gasteiger partial charge in [0.25, 0.3) is 0 Å². The van der Waals surface area contributed by atoms with Crippen LogP contribution in [0.5, 0.6) is 0 Å². The molecule has 0 aliphatic rings. The van der Waals surface area contributed by atoms with E-state index in [-0.39, 0.29) is 17.2 Å². The molecule has 0 fully saturated rings. The molecule has 154 valence electrons. The Hall–Kier alpha value is -2.64. The zero-order chi connectivity index (χ0) is 21.2. The lowest BCUT2D eigenvalue weighted by molar-refractivity contribution is -0.115. The van der Waals surface area contributed by atoms with E-state index in [0.29, 0.717) is 24.3 Å². The van der Waals surface area contributed by atoms with Crippen LogP contribution in [0.4, 0.5) is 5.69 Å². The van der Waals surface area contributed by atoms with Crippen molar-refractivity contribution in [1.29, 1.82) is 0 Å². The van der Waals surface area contributed by atoms with Gasteiger partial charge in [0.15, 0.2) is 0 Å². The van der Waals surface area contributed by atoms with E-state index >= 15 is 0 Å². The average Bonchev–Trinajstić information content (AvgIpc) is 3.05. The van der Waals surface area contributed by atoms with Gasteiger partial charge in [0.2, 0.25) is 15.9 Å². The number of nitrogens with zero attached hydrogens (tertiary/aromatic N) is 1. The van der Waals surface area contributed by atoms with Gasteiger partial charge in [0.1, 0.15) is 5.58 Å². The molecule has 6 nitrogen and oxygen atoms in total. The molecule has 29 heavy (non-hydrogen) atoms. The Morgan fingerprint density at radius 3 is 2.48 bits per heavy atom. The van der Waals surface area contributed by atoms with Crippen molar-refractivity contribution >= 4 is 32.6 Å². The average molecular weight is 415 g/mol. The first kappa shape index (κ1) is 21.1. The number of nitrogens with one attached hydrogen (secondary N) is 1.